The first kappa shape index (κ1) is 13.3. The highest BCUT2D eigenvalue weighted by atomic mass is 35.5. The predicted octanol–water partition coefficient (Wildman–Crippen LogP) is 1.80. The van der Waals surface area contributed by atoms with E-state index in [4.69, 9.17) is 11.6 Å². The van der Waals surface area contributed by atoms with Crippen molar-refractivity contribution in [3.05, 3.63) is 29.0 Å². The van der Waals surface area contributed by atoms with Crippen molar-refractivity contribution in [1.29, 1.82) is 0 Å². The maximum absolute atomic E-state index is 12.1. The number of amides is 1. The largest absolute Gasteiger partial charge is 0.349 e. The number of piperidine rings is 1. The fraction of sp³-hybridized carbons (Fsp3) is 0.538. The lowest BCUT2D eigenvalue weighted by Crippen LogP contribution is -2.48. The molecule has 0 aliphatic carbocycles. The van der Waals surface area contributed by atoms with E-state index in [0.29, 0.717) is 11.5 Å². The van der Waals surface area contributed by atoms with Crippen LogP contribution in [0.2, 0.25) is 5.15 Å². The van der Waals surface area contributed by atoms with Crippen LogP contribution in [0.5, 0.6) is 0 Å². The van der Waals surface area contributed by atoms with Gasteiger partial charge in [0.05, 0.1) is 5.56 Å². The summed E-state index contributed by atoms with van der Waals surface area (Å²) in [6, 6.07) is 3.63. The Balaban J connectivity index is 2.02. The summed E-state index contributed by atoms with van der Waals surface area (Å²) in [5.41, 5.74) is 0.449. The van der Waals surface area contributed by atoms with Gasteiger partial charge in [-0.25, -0.2) is 4.98 Å². The third-order valence-electron chi connectivity index (χ3n) is 3.43. The number of nitrogens with zero attached hydrogens (tertiary/aromatic N) is 2. The molecule has 4 nitrogen and oxygen atoms in total. The maximum atomic E-state index is 12.1. The smallest absolute Gasteiger partial charge is 0.254 e. The molecule has 1 aromatic rings. The maximum Gasteiger partial charge on any atom is 0.254 e. The molecule has 2 unspecified atom stereocenters. The molecule has 1 aliphatic rings. The minimum atomic E-state index is -0.130. The van der Waals surface area contributed by atoms with Crippen LogP contribution >= 0.6 is 11.6 Å². The molecule has 2 rings (SSSR count). The van der Waals surface area contributed by atoms with Crippen LogP contribution in [0.1, 0.15) is 23.7 Å². The van der Waals surface area contributed by atoms with Crippen LogP contribution in [-0.2, 0) is 0 Å². The molecule has 98 valence electrons. The van der Waals surface area contributed by atoms with E-state index in [0.717, 1.165) is 19.5 Å². The van der Waals surface area contributed by atoms with Gasteiger partial charge in [-0.2, -0.15) is 0 Å². The summed E-state index contributed by atoms with van der Waals surface area (Å²) in [6.45, 7) is 4.17. The number of likely N-dealkylation sites (tertiary alicyclic amines) is 1. The molecule has 0 radical (unpaired) electrons. The second kappa shape index (κ2) is 5.67. The minimum Gasteiger partial charge on any atom is -0.349 e. The van der Waals surface area contributed by atoms with E-state index in [9.17, 15) is 4.79 Å². The standard InChI is InChI=1S/C13H18ClN3O/c1-9-8-17(2)7-5-11(9)16-13(18)10-4-3-6-15-12(10)14/h3-4,6,9,11H,5,7-8H2,1-2H3,(H,16,18). The van der Waals surface area contributed by atoms with E-state index in [-0.39, 0.29) is 17.1 Å². The number of carbonyl (C=O) groups excluding carboxylic acids is 1. The Labute approximate surface area is 112 Å². The van der Waals surface area contributed by atoms with Gasteiger partial charge in [0, 0.05) is 18.8 Å². The van der Waals surface area contributed by atoms with Crippen molar-refractivity contribution >= 4 is 17.5 Å². The number of aromatic nitrogens is 1. The van der Waals surface area contributed by atoms with Gasteiger partial charge in [-0.3, -0.25) is 4.79 Å². The number of carbonyl (C=O) groups is 1. The van der Waals surface area contributed by atoms with Crippen molar-refractivity contribution in [3.63, 3.8) is 0 Å². The Morgan fingerprint density at radius 1 is 1.61 bits per heavy atom. The van der Waals surface area contributed by atoms with Gasteiger partial charge in [-0.1, -0.05) is 18.5 Å². The molecule has 2 atom stereocenters. The molecule has 1 amide bonds. The highest BCUT2D eigenvalue weighted by molar-refractivity contribution is 6.32. The first-order chi connectivity index (χ1) is 8.58. The summed E-state index contributed by atoms with van der Waals surface area (Å²) in [7, 11) is 2.10. The molecule has 1 fully saturated rings. The van der Waals surface area contributed by atoms with E-state index < -0.39 is 0 Å². The molecular weight excluding hydrogens is 250 g/mol. The quantitative estimate of drug-likeness (QED) is 0.832. The fourth-order valence-corrected chi connectivity index (χ4v) is 2.58. The Kier molecular flexibility index (Phi) is 4.19. The van der Waals surface area contributed by atoms with E-state index in [1.807, 2.05) is 0 Å². The topological polar surface area (TPSA) is 45.2 Å². The molecule has 1 N–H and O–H groups in total. The van der Waals surface area contributed by atoms with Crippen LogP contribution in [0.3, 0.4) is 0 Å². The van der Waals surface area contributed by atoms with E-state index in [2.05, 4.69) is 29.2 Å². The third-order valence-corrected chi connectivity index (χ3v) is 3.73. The summed E-state index contributed by atoms with van der Waals surface area (Å²) in [5.74, 6) is 0.317. The van der Waals surface area contributed by atoms with Crippen LogP contribution in [0.4, 0.5) is 0 Å². The highest BCUT2D eigenvalue weighted by Gasteiger charge is 2.26. The van der Waals surface area contributed by atoms with Gasteiger partial charge in [0.25, 0.3) is 5.91 Å². The lowest BCUT2D eigenvalue weighted by molar-refractivity contribution is 0.0883. The van der Waals surface area contributed by atoms with Gasteiger partial charge in [0.15, 0.2) is 0 Å². The van der Waals surface area contributed by atoms with Crippen molar-refractivity contribution in [2.75, 3.05) is 20.1 Å². The van der Waals surface area contributed by atoms with Crippen LogP contribution in [0.15, 0.2) is 18.3 Å². The summed E-state index contributed by atoms with van der Waals surface area (Å²) < 4.78 is 0. The van der Waals surface area contributed by atoms with Gasteiger partial charge < -0.3 is 10.2 Å². The third kappa shape index (κ3) is 3.00. The summed E-state index contributed by atoms with van der Waals surface area (Å²) >= 11 is 5.92. The van der Waals surface area contributed by atoms with E-state index in [1.54, 1.807) is 18.3 Å². The number of hydrogen-bond acceptors (Lipinski definition) is 3. The molecule has 18 heavy (non-hydrogen) atoms. The summed E-state index contributed by atoms with van der Waals surface area (Å²) in [4.78, 5) is 18.3. The molecule has 2 heterocycles. The van der Waals surface area contributed by atoms with Crippen molar-refractivity contribution in [1.82, 2.24) is 15.2 Å². The van der Waals surface area contributed by atoms with Gasteiger partial charge >= 0.3 is 0 Å². The van der Waals surface area contributed by atoms with Gasteiger partial charge in [0.2, 0.25) is 0 Å². The van der Waals surface area contributed by atoms with Crippen molar-refractivity contribution in [2.45, 2.75) is 19.4 Å². The lowest BCUT2D eigenvalue weighted by atomic mass is 9.94. The average molecular weight is 268 g/mol. The van der Waals surface area contributed by atoms with Crippen LogP contribution in [0, 0.1) is 5.92 Å². The molecule has 0 bridgehead atoms. The fourth-order valence-electron chi connectivity index (χ4n) is 2.37. The second-order valence-corrected chi connectivity index (χ2v) is 5.31. The van der Waals surface area contributed by atoms with Crippen molar-refractivity contribution in [2.24, 2.45) is 5.92 Å². The number of rotatable bonds is 2. The molecule has 0 aromatic carbocycles. The van der Waals surface area contributed by atoms with Crippen molar-refractivity contribution in [3.8, 4) is 0 Å². The zero-order chi connectivity index (χ0) is 13.1. The van der Waals surface area contributed by atoms with Crippen LogP contribution in [-0.4, -0.2) is 42.0 Å². The molecule has 0 spiro atoms. The molecule has 1 aromatic heterocycles. The molecule has 1 saturated heterocycles. The monoisotopic (exact) mass is 267 g/mol. The number of nitrogens with one attached hydrogen (secondary N) is 1. The number of halogens is 1. The Hall–Kier alpha value is -1.13. The Morgan fingerprint density at radius 3 is 3.06 bits per heavy atom. The first-order valence-electron chi connectivity index (χ1n) is 6.18. The normalized spacial score (nSPS) is 24.8. The number of hydrogen-bond donors (Lipinski definition) is 1. The van der Waals surface area contributed by atoms with Gasteiger partial charge in [-0.05, 0) is 38.1 Å². The predicted molar refractivity (Wildman–Crippen MR) is 71.8 cm³/mol. The highest BCUT2D eigenvalue weighted by Crippen LogP contribution is 2.17. The lowest BCUT2D eigenvalue weighted by Gasteiger charge is -2.35. The first-order valence-corrected chi connectivity index (χ1v) is 6.55. The number of pyridine rings is 1. The Bertz CT molecular complexity index is 438. The molecule has 0 saturated carbocycles. The Morgan fingerprint density at radius 2 is 2.39 bits per heavy atom. The van der Waals surface area contributed by atoms with E-state index >= 15 is 0 Å². The second-order valence-electron chi connectivity index (χ2n) is 4.95. The van der Waals surface area contributed by atoms with E-state index in [1.165, 1.54) is 0 Å². The van der Waals surface area contributed by atoms with Crippen molar-refractivity contribution < 1.29 is 4.79 Å². The summed E-state index contributed by atoms with van der Waals surface area (Å²) in [5, 5.41) is 3.32. The zero-order valence-electron chi connectivity index (χ0n) is 10.7. The molecule has 5 heteroatoms. The van der Waals surface area contributed by atoms with Crippen LogP contribution < -0.4 is 5.32 Å². The summed E-state index contributed by atoms with van der Waals surface area (Å²) in [6.07, 6.45) is 2.55. The minimum absolute atomic E-state index is 0.130. The van der Waals surface area contributed by atoms with Gasteiger partial charge in [0.1, 0.15) is 5.15 Å². The molecular formula is C13H18ClN3O. The van der Waals surface area contributed by atoms with Crippen LogP contribution in [0.25, 0.3) is 0 Å². The SMILES string of the molecule is CC1CN(C)CCC1NC(=O)c1cccnc1Cl. The van der Waals surface area contributed by atoms with Gasteiger partial charge in [-0.15, -0.1) is 0 Å². The average Bonchev–Trinajstić information content (AvgIpc) is 2.33. The molecule has 1 aliphatic heterocycles. The zero-order valence-corrected chi connectivity index (χ0v) is 11.4.